The number of rotatable bonds is 8. The number of likely N-dealkylation sites (N-methyl/N-ethyl adjacent to an activating group) is 1. The lowest BCUT2D eigenvalue weighted by molar-refractivity contribution is -0.159. The van der Waals surface area contributed by atoms with Crippen molar-refractivity contribution >= 4 is 11.9 Å². The van der Waals surface area contributed by atoms with Crippen molar-refractivity contribution in [1.29, 1.82) is 0 Å². The highest BCUT2D eigenvalue weighted by Gasteiger charge is 2.42. The fourth-order valence-electron chi connectivity index (χ4n) is 4.62. The molecule has 7 nitrogen and oxygen atoms in total. The second-order valence-corrected chi connectivity index (χ2v) is 8.56. The number of anilines is 1. The molecule has 2 aliphatic rings. The van der Waals surface area contributed by atoms with Crippen molar-refractivity contribution in [2.75, 3.05) is 39.0 Å². The van der Waals surface area contributed by atoms with Crippen LogP contribution in [0, 0.1) is 5.92 Å². The highest BCUT2D eigenvalue weighted by Crippen LogP contribution is 2.29. The van der Waals surface area contributed by atoms with Gasteiger partial charge in [0.25, 0.3) is 5.91 Å². The van der Waals surface area contributed by atoms with Crippen LogP contribution in [0.1, 0.15) is 56.9 Å². The van der Waals surface area contributed by atoms with Crippen LogP contribution in [-0.2, 0) is 11.3 Å². The predicted octanol–water partition coefficient (Wildman–Crippen LogP) is 2.27. The van der Waals surface area contributed by atoms with Crippen LogP contribution in [-0.4, -0.2) is 70.1 Å². The first-order valence-electron chi connectivity index (χ1n) is 10.7. The minimum absolute atomic E-state index is 0.0943. The van der Waals surface area contributed by atoms with E-state index in [1.165, 1.54) is 32.1 Å². The van der Waals surface area contributed by atoms with Crippen LogP contribution in [0.2, 0.25) is 0 Å². The number of nitrogens with one attached hydrogen (secondary N) is 1. The number of carbonyl (C=O) groups is 1. The van der Waals surface area contributed by atoms with Gasteiger partial charge in [-0.3, -0.25) is 9.69 Å². The molecule has 1 aliphatic carbocycles. The van der Waals surface area contributed by atoms with E-state index in [9.17, 15) is 9.90 Å². The summed E-state index contributed by atoms with van der Waals surface area (Å²) in [6.07, 6.45) is 12.6. The molecule has 0 aromatic carbocycles. The van der Waals surface area contributed by atoms with Crippen LogP contribution in [0.25, 0.3) is 0 Å². The summed E-state index contributed by atoms with van der Waals surface area (Å²) < 4.78 is 0. The molecule has 2 heterocycles. The molecule has 1 aromatic heterocycles. The quantitative estimate of drug-likeness (QED) is 0.710. The van der Waals surface area contributed by atoms with E-state index < -0.39 is 5.60 Å². The Morgan fingerprint density at radius 1 is 1.25 bits per heavy atom. The van der Waals surface area contributed by atoms with Crippen LogP contribution in [0.3, 0.4) is 0 Å². The Balaban J connectivity index is 1.52. The molecular formula is C21H35N5O2. The summed E-state index contributed by atoms with van der Waals surface area (Å²) in [6, 6.07) is 0. The van der Waals surface area contributed by atoms with Gasteiger partial charge in [-0.25, -0.2) is 9.97 Å². The van der Waals surface area contributed by atoms with Crippen LogP contribution in [0.4, 0.5) is 5.95 Å². The van der Waals surface area contributed by atoms with Crippen LogP contribution in [0.15, 0.2) is 12.4 Å². The maximum atomic E-state index is 13.0. The molecule has 7 heteroatoms. The van der Waals surface area contributed by atoms with E-state index in [0.29, 0.717) is 25.5 Å². The maximum Gasteiger partial charge on any atom is 0.255 e. The molecular weight excluding hydrogens is 354 g/mol. The molecule has 0 radical (unpaired) electrons. The summed E-state index contributed by atoms with van der Waals surface area (Å²) in [7, 11) is 3.71. The Morgan fingerprint density at radius 3 is 2.64 bits per heavy atom. The van der Waals surface area contributed by atoms with Gasteiger partial charge in [-0.2, -0.15) is 0 Å². The standard InChI is InChI=1S/C21H35N5O2/c1-22-20-23-13-18(14-24-20)15-25(2)16-21(28)10-6-11-26(19(21)27)12-9-17-7-4-3-5-8-17/h13-14,17,28H,3-12,15-16H2,1-2H3,(H,22,23,24). The highest BCUT2D eigenvalue weighted by molar-refractivity contribution is 5.86. The smallest absolute Gasteiger partial charge is 0.255 e. The first-order chi connectivity index (χ1) is 13.5. The second-order valence-electron chi connectivity index (χ2n) is 8.56. The number of piperidine rings is 1. The van der Waals surface area contributed by atoms with E-state index in [2.05, 4.69) is 15.3 Å². The van der Waals surface area contributed by atoms with Gasteiger partial charge in [0, 0.05) is 51.2 Å². The molecule has 0 spiro atoms. The minimum Gasteiger partial charge on any atom is -0.379 e. The zero-order chi connectivity index (χ0) is 20.0. The zero-order valence-corrected chi connectivity index (χ0v) is 17.4. The molecule has 1 amide bonds. The van der Waals surface area contributed by atoms with Crippen LogP contribution >= 0.6 is 0 Å². The Morgan fingerprint density at radius 2 is 1.96 bits per heavy atom. The third kappa shape index (κ3) is 5.41. The Bertz CT molecular complexity index is 632. The third-order valence-electron chi connectivity index (χ3n) is 6.15. The number of hydrogen-bond donors (Lipinski definition) is 2. The first kappa shape index (κ1) is 21.0. The van der Waals surface area contributed by atoms with Crippen molar-refractivity contribution in [3.8, 4) is 0 Å². The summed E-state index contributed by atoms with van der Waals surface area (Å²) in [5, 5.41) is 14.0. The SMILES string of the molecule is CNc1ncc(CN(C)CC2(O)CCCN(CCC3CCCCC3)C2=O)cn1. The number of likely N-dealkylation sites (tertiary alicyclic amines) is 1. The number of carbonyl (C=O) groups excluding carboxylic acids is 1. The van der Waals surface area contributed by atoms with Crippen molar-refractivity contribution < 1.29 is 9.90 Å². The molecule has 1 saturated carbocycles. The summed E-state index contributed by atoms with van der Waals surface area (Å²) in [5.41, 5.74) is -0.326. The zero-order valence-electron chi connectivity index (χ0n) is 17.4. The molecule has 3 rings (SSSR count). The number of nitrogens with zero attached hydrogens (tertiary/aromatic N) is 4. The van der Waals surface area contributed by atoms with Gasteiger partial charge >= 0.3 is 0 Å². The summed E-state index contributed by atoms with van der Waals surface area (Å²) >= 11 is 0. The van der Waals surface area contributed by atoms with Crippen molar-refractivity contribution in [3.63, 3.8) is 0 Å². The van der Waals surface area contributed by atoms with E-state index >= 15 is 0 Å². The molecule has 1 aromatic rings. The van der Waals surface area contributed by atoms with Gasteiger partial charge in [0.1, 0.15) is 0 Å². The summed E-state index contributed by atoms with van der Waals surface area (Å²) in [4.78, 5) is 25.3. The normalized spacial score (nSPS) is 24.0. The molecule has 1 atom stereocenters. The molecule has 1 unspecified atom stereocenters. The summed E-state index contributed by atoms with van der Waals surface area (Å²) in [5.74, 6) is 1.24. The Labute approximate surface area is 168 Å². The van der Waals surface area contributed by atoms with Gasteiger partial charge in [0.15, 0.2) is 5.60 Å². The number of amides is 1. The van der Waals surface area contributed by atoms with Crippen LogP contribution in [0.5, 0.6) is 0 Å². The summed E-state index contributed by atoms with van der Waals surface area (Å²) in [6.45, 7) is 2.49. The number of aromatic nitrogens is 2. The van der Waals surface area contributed by atoms with Crippen LogP contribution < -0.4 is 5.32 Å². The van der Waals surface area contributed by atoms with E-state index in [-0.39, 0.29) is 5.91 Å². The van der Waals surface area contributed by atoms with E-state index in [0.717, 1.165) is 37.4 Å². The molecule has 0 bridgehead atoms. The lowest BCUT2D eigenvalue weighted by Crippen LogP contribution is -2.58. The molecule has 156 valence electrons. The Kier molecular flexibility index (Phi) is 7.24. The van der Waals surface area contributed by atoms with E-state index in [4.69, 9.17) is 0 Å². The number of hydrogen-bond acceptors (Lipinski definition) is 6. The monoisotopic (exact) mass is 389 g/mol. The van der Waals surface area contributed by atoms with Gasteiger partial charge < -0.3 is 15.3 Å². The van der Waals surface area contributed by atoms with Gasteiger partial charge in [0.05, 0.1) is 0 Å². The number of aliphatic hydroxyl groups is 1. The largest absolute Gasteiger partial charge is 0.379 e. The molecule has 2 N–H and O–H groups in total. The predicted molar refractivity (Wildman–Crippen MR) is 110 cm³/mol. The average Bonchev–Trinajstić information content (AvgIpc) is 2.70. The van der Waals surface area contributed by atoms with Crippen molar-refractivity contribution in [1.82, 2.24) is 19.8 Å². The van der Waals surface area contributed by atoms with Gasteiger partial charge in [0.2, 0.25) is 5.95 Å². The van der Waals surface area contributed by atoms with Gasteiger partial charge in [-0.05, 0) is 32.2 Å². The van der Waals surface area contributed by atoms with Gasteiger partial charge in [-0.1, -0.05) is 32.1 Å². The first-order valence-corrected chi connectivity index (χ1v) is 10.7. The molecule has 1 saturated heterocycles. The maximum absolute atomic E-state index is 13.0. The molecule has 1 aliphatic heterocycles. The third-order valence-corrected chi connectivity index (χ3v) is 6.15. The minimum atomic E-state index is -1.29. The molecule has 28 heavy (non-hydrogen) atoms. The highest BCUT2D eigenvalue weighted by atomic mass is 16.3. The van der Waals surface area contributed by atoms with E-state index in [1.54, 1.807) is 19.4 Å². The average molecular weight is 390 g/mol. The fraction of sp³-hybridized carbons (Fsp3) is 0.762. The Hall–Kier alpha value is -1.73. The van der Waals surface area contributed by atoms with Crippen molar-refractivity contribution in [2.24, 2.45) is 5.92 Å². The van der Waals surface area contributed by atoms with Crippen molar-refractivity contribution in [2.45, 2.75) is 63.5 Å². The van der Waals surface area contributed by atoms with Crippen molar-refractivity contribution in [3.05, 3.63) is 18.0 Å². The molecule has 2 fully saturated rings. The topological polar surface area (TPSA) is 81.6 Å². The van der Waals surface area contributed by atoms with Gasteiger partial charge in [-0.15, -0.1) is 0 Å². The second kappa shape index (κ2) is 9.65. The fourth-order valence-corrected chi connectivity index (χ4v) is 4.62. The van der Waals surface area contributed by atoms with E-state index in [1.807, 2.05) is 16.8 Å². The lowest BCUT2D eigenvalue weighted by atomic mass is 9.86. The lowest BCUT2D eigenvalue weighted by Gasteiger charge is -2.40.